The molecule has 92 valence electrons. The number of halogens is 1. The monoisotopic (exact) mass is 255 g/mol. The third-order valence-electron chi connectivity index (χ3n) is 2.60. The lowest BCUT2D eigenvalue weighted by Crippen LogP contribution is -2.10. The molecule has 0 amide bonds. The molecule has 4 nitrogen and oxygen atoms in total. The molecule has 0 spiro atoms. The summed E-state index contributed by atoms with van der Waals surface area (Å²) in [6.07, 6.45) is 1.52. The molecule has 0 saturated carbocycles. The summed E-state index contributed by atoms with van der Waals surface area (Å²) in [4.78, 5) is 11.8. The Balaban J connectivity index is 2.37. The molecule has 0 aromatic heterocycles. The Morgan fingerprint density at radius 1 is 1.65 bits per heavy atom. The number of anilines is 1. The van der Waals surface area contributed by atoms with Crippen LogP contribution in [0.5, 0.6) is 5.75 Å². The maximum Gasteiger partial charge on any atom is 0.341 e. The number of hydrogen-bond donors (Lipinski definition) is 1. The van der Waals surface area contributed by atoms with Gasteiger partial charge in [-0.3, -0.25) is 0 Å². The van der Waals surface area contributed by atoms with Gasteiger partial charge < -0.3 is 15.2 Å². The normalized spacial score (nSPS) is 13.1. The molecule has 0 fully saturated rings. The second-order valence-electron chi connectivity index (χ2n) is 3.87. The third kappa shape index (κ3) is 2.17. The minimum Gasteiger partial charge on any atom is -0.491 e. The van der Waals surface area contributed by atoms with Gasteiger partial charge in [-0.25, -0.2) is 4.79 Å². The first-order chi connectivity index (χ1) is 8.15. The van der Waals surface area contributed by atoms with Gasteiger partial charge in [-0.15, -0.1) is 0 Å². The van der Waals surface area contributed by atoms with Crippen LogP contribution in [-0.4, -0.2) is 19.2 Å². The number of carbonyl (C=O) groups is 1. The van der Waals surface area contributed by atoms with Gasteiger partial charge in [-0.1, -0.05) is 18.5 Å². The zero-order chi connectivity index (χ0) is 12.4. The van der Waals surface area contributed by atoms with E-state index in [0.717, 1.165) is 18.4 Å². The molecule has 1 aliphatic rings. The van der Waals surface area contributed by atoms with E-state index in [4.69, 9.17) is 26.8 Å². The van der Waals surface area contributed by atoms with Crippen LogP contribution in [0.4, 0.5) is 5.69 Å². The summed E-state index contributed by atoms with van der Waals surface area (Å²) in [5.74, 6) is 0.0745. The number of hydrogen-bond acceptors (Lipinski definition) is 4. The number of carbonyl (C=O) groups excluding carboxylic acids is 1. The van der Waals surface area contributed by atoms with Crippen LogP contribution in [0.2, 0.25) is 5.02 Å². The summed E-state index contributed by atoms with van der Waals surface area (Å²) >= 11 is 6.05. The fourth-order valence-corrected chi connectivity index (χ4v) is 2.11. The molecule has 17 heavy (non-hydrogen) atoms. The van der Waals surface area contributed by atoms with Crippen molar-refractivity contribution >= 4 is 23.3 Å². The first kappa shape index (κ1) is 12.0. The van der Waals surface area contributed by atoms with Gasteiger partial charge >= 0.3 is 5.97 Å². The summed E-state index contributed by atoms with van der Waals surface area (Å²) in [5.41, 5.74) is 7.33. The molecule has 5 heteroatoms. The van der Waals surface area contributed by atoms with Crippen LogP contribution in [0.1, 0.15) is 29.3 Å². The van der Waals surface area contributed by atoms with Crippen molar-refractivity contribution in [1.29, 1.82) is 0 Å². The number of nitrogen functional groups attached to an aromatic ring is 1. The molecule has 0 bridgehead atoms. The smallest absolute Gasteiger partial charge is 0.341 e. The highest BCUT2D eigenvalue weighted by molar-refractivity contribution is 6.34. The molecule has 1 heterocycles. The Bertz CT molecular complexity index is 460. The molecule has 0 aliphatic carbocycles. The average Bonchev–Trinajstić information content (AvgIpc) is 2.74. The second kappa shape index (κ2) is 4.84. The molecular formula is C12H14ClNO3. The molecule has 2 rings (SSSR count). The predicted molar refractivity (Wildman–Crippen MR) is 65.6 cm³/mol. The van der Waals surface area contributed by atoms with E-state index in [-0.39, 0.29) is 11.3 Å². The van der Waals surface area contributed by atoms with Gasteiger partial charge in [-0.05, 0) is 12.5 Å². The minimum absolute atomic E-state index is 0.209. The van der Waals surface area contributed by atoms with Crippen molar-refractivity contribution in [3.8, 4) is 5.75 Å². The van der Waals surface area contributed by atoms with Crippen molar-refractivity contribution in [3.05, 3.63) is 22.2 Å². The van der Waals surface area contributed by atoms with Gasteiger partial charge in [-0.2, -0.15) is 0 Å². The Hall–Kier alpha value is -1.42. The summed E-state index contributed by atoms with van der Waals surface area (Å²) in [6.45, 7) is 2.85. The van der Waals surface area contributed by atoms with Crippen molar-refractivity contribution in [2.24, 2.45) is 0 Å². The first-order valence-electron chi connectivity index (χ1n) is 5.56. The highest BCUT2D eigenvalue weighted by Crippen LogP contribution is 2.38. The lowest BCUT2D eigenvalue weighted by atomic mass is 10.1. The molecule has 0 radical (unpaired) electrons. The van der Waals surface area contributed by atoms with Crippen molar-refractivity contribution in [3.63, 3.8) is 0 Å². The second-order valence-corrected chi connectivity index (χ2v) is 4.28. The van der Waals surface area contributed by atoms with Crippen LogP contribution in [0.15, 0.2) is 6.07 Å². The van der Waals surface area contributed by atoms with Crippen LogP contribution in [0, 0.1) is 0 Å². The Morgan fingerprint density at radius 2 is 2.41 bits per heavy atom. The van der Waals surface area contributed by atoms with Gasteiger partial charge in [0.1, 0.15) is 11.3 Å². The molecule has 0 saturated heterocycles. The Kier molecular flexibility index (Phi) is 3.43. The van der Waals surface area contributed by atoms with Crippen LogP contribution >= 0.6 is 11.6 Å². The number of benzene rings is 1. The maximum atomic E-state index is 11.8. The minimum atomic E-state index is -0.493. The van der Waals surface area contributed by atoms with Crippen LogP contribution in [0.3, 0.4) is 0 Å². The van der Waals surface area contributed by atoms with Gasteiger partial charge in [0.25, 0.3) is 0 Å². The van der Waals surface area contributed by atoms with E-state index in [0.29, 0.717) is 24.0 Å². The Labute approximate surface area is 105 Å². The van der Waals surface area contributed by atoms with E-state index >= 15 is 0 Å². The molecule has 1 aliphatic heterocycles. The van der Waals surface area contributed by atoms with Gasteiger partial charge in [0, 0.05) is 12.0 Å². The van der Waals surface area contributed by atoms with Crippen molar-refractivity contribution in [2.75, 3.05) is 18.9 Å². The van der Waals surface area contributed by atoms with E-state index < -0.39 is 5.97 Å². The molecule has 0 atom stereocenters. The number of nitrogens with two attached hydrogens (primary N) is 1. The van der Waals surface area contributed by atoms with Crippen LogP contribution < -0.4 is 10.5 Å². The summed E-state index contributed by atoms with van der Waals surface area (Å²) in [7, 11) is 0. The zero-order valence-electron chi connectivity index (χ0n) is 9.59. The maximum absolute atomic E-state index is 11.8. The highest BCUT2D eigenvalue weighted by Gasteiger charge is 2.25. The van der Waals surface area contributed by atoms with Crippen molar-refractivity contribution < 1.29 is 14.3 Å². The average molecular weight is 256 g/mol. The zero-order valence-corrected chi connectivity index (χ0v) is 10.3. The van der Waals surface area contributed by atoms with Crippen LogP contribution in [-0.2, 0) is 11.2 Å². The van der Waals surface area contributed by atoms with E-state index in [1.54, 1.807) is 6.07 Å². The van der Waals surface area contributed by atoms with Crippen molar-refractivity contribution in [2.45, 2.75) is 19.8 Å². The van der Waals surface area contributed by atoms with Gasteiger partial charge in [0.15, 0.2) is 0 Å². The fourth-order valence-electron chi connectivity index (χ4n) is 1.80. The van der Waals surface area contributed by atoms with Gasteiger partial charge in [0.2, 0.25) is 0 Å². The van der Waals surface area contributed by atoms with Gasteiger partial charge in [0.05, 0.1) is 23.9 Å². The SMILES string of the molecule is CCCOC(=O)c1c(Cl)cc2c(c1N)OCC2. The highest BCUT2D eigenvalue weighted by atomic mass is 35.5. The quantitative estimate of drug-likeness (QED) is 0.666. The first-order valence-corrected chi connectivity index (χ1v) is 5.93. The van der Waals surface area contributed by atoms with Crippen molar-refractivity contribution in [1.82, 2.24) is 0 Å². The standard InChI is InChI=1S/C12H14ClNO3/c1-2-4-17-12(15)9-8(13)6-7-3-5-16-11(7)10(9)14/h6H,2-5,14H2,1H3. The lowest BCUT2D eigenvalue weighted by Gasteiger charge is -2.11. The summed E-state index contributed by atoms with van der Waals surface area (Å²) in [5, 5.41) is 0.327. The number of esters is 1. The summed E-state index contributed by atoms with van der Waals surface area (Å²) in [6, 6.07) is 1.72. The Morgan fingerprint density at radius 3 is 3.12 bits per heavy atom. The van der Waals surface area contributed by atoms with E-state index in [2.05, 4.69) is 0 Å². The molecular weight excluding hydrogens is 242 g/mol. The topological polar surface area (TPSA) is 61.5 Å². The molecule has 1 aromatic carbocycles. The predicted octanol–water partition coefficient (Wildman–Crippen LogP) is 2.42. The molecule has 1 aromatic rings. The lowest BCUT2D eigenvalue weighted by molar-refractivity contribution is 0.0506. The molecule has 0 unspecified atom stereocenters. The van der Waals surface area contributed by atoms with E-state index in [9.17, 15) is 4.79 Å². The van der Waals surface area contributed by atoms with E-state index in [1.165, 1.54) is 0 Å². The fraction of sp³-hybridized carbons (Fsp3) is 0.417. The molecule has 2 N–H and O–H groups in total. The third-order valence-corrected chi connectivity index (χ3v) is 2.90. The number of ether oxygens (including phenoxy) is 2. The van der Waals surface area contributed by atoms with E-state index in [1.807, 2.05) is 6.92 Å². The summed E-state index contributed by atoms with van der Waals surface area (Å²) < 4.78 is 10.4. The van der Waals surface area contributed by atoms with Crippen LogP contribution in [0.25, 0.3) is 0 Å². The largest absolute Gasteiger partial charge is 0.491 e. The number of fused-ring (bicyclic) bond motifs is 1. The number of rotatable bonds is 3.